The lowest BCUT2D eigenvalue weighted by atomic mass is 10.1. The molecular formula is C98H103ClN26O7. The van der Waals surface area contributed by atoms with Gasteiger partial charge < -0.3 is 84.8 Å². The zero-order valence-electron chi connectivity index (χ0n) is 75.3. The van der Waals surface area contributed by atoms with E-state index in [0.717, 1.165) is 194 Å². The predicted octanol–water partition coefficient (Wildman–Crippen LogP) is 16.4. The van der Waals surface area contributed by atoms with Gasteiger partial charge in [0.05, 0.1) is 75.4 Å². The average molecular weight is 1790 g/mol. The van der Waals surface area contributed by atoms with Crippen molar-refractivity contribution in [3.63, 3.8) is 0 Å². The van der Waals surface area contributed by atoms with E-state index in [1.807, 2.05) is 175 Å². The van der Waals surface area contributed by atoms with Gasteiger partial charge in [0, 0.05) is 211 Å². The number of methoxy groups -OCH3 is 2. The summed E-state index contributed by atoms with van der Waals surface area (Å²) in [4.78, 5) is 128. The third kappa shape index (κ3) is 22.3. The van der Waals surface area contributed by atoms with Crippen molar-refractivity contribution in [2.24, 2.45) is 5.92 Å². The van der Waals surface area contributed by atoms with Crippen LogP contribution in [-0.4, -0.2) is 248 Å². The predicted molar refractivity (Wildman–Crippen MR) is 514 cm³/mol. The molecule has 16 aromatic rings. The highest BCUT2D eigenvalue weighted by atomic mass is 35.5. The van der Waals surface area contributed by atoms with Crippen LogP contribution < -0.4 is 26.0 Å². The van der Waals surface area contributed by atoms with Gasteiger partial charge in [0.2, 0.25) is 23.8 Å². The van der Waals surface area contributed by atoms with Crippen LogP contribution >= 0.6 is 11.6 Å². The van der Waals surface area contributed by atoms with Crippen molar-refractivity contribution in [2.45, 2.75) is 59.4 Å². The van der Waals surface area contributed by atoms with Crippen LogP contribution in [0.5, 0.6) is 5.75 Å². The third-order valence-corrected chi connectivity index (χ3v) is 23.1. The van der Waals surface area contributed by atoms with E-state index in [1.54, 1.807) is 108 Å². The molecule has 2 unspecified atom stereocenters. The number of hydrogen-bond acceptors (Lipinski definition) is 25. The number of aromatic nitrogens is 16. The quantitative estimate of drug-likeness (QED) is 0.0312. The summed E-state index contributed by atoms with van der Waals surface area (Å²) >= 11 is 6.52. The number of H-pyrrole nitrogens is 4. The monoisotopic (exact) mass is 1790 g/mol. The summed E-state index contributed by atoms with van der Waals surface area (Å²) in [7, 11) is 14.4. The smallest absolute Gasteiger partial charge is 0.270 e. The number of anilines is 8. The van der Waals surface area contributed by atoms with Gasteiger partial charge in [-0.25, -0.2) is 39.9 Å². The van der Waals surface area contributed by atoms with Gasteiger partial charge in [-0.3, -0.25) is 39.1 Å². The maximum Gasteiger partial charge on any atom is 0.270 e. The molecule has 2 aliphatic heterocycles. The van der Waals surface area contributed by atoms with Crippen LogP contribution in [0.25, 0.3) is 89.2 Å². The number of aryl methyl sites for hydroxylation is 2. The van der Waals surface area contributed by atoms with E-state index in [-0.39, 0.29) is 29.7 Å². The van der Waals surface area contributed by atoms with Gasteiger partial charge in [-0.05, 0) is 215 Å². The number of fused-ring (bicyclic) bond motifs is 4. The molecule has 4 aromatic carbocycles. The molecule has 4 amide bonds. The molecule has 132 heavy (non-hydrogen) atoms. The van der Waals surface area contributed by atoms with Crippen LogP contribution in [0.2, 0.25) is 5.02 Å². The second-order valence-electron chi connectivity index (χ2n) is 33.3. The molecule has 2 saturated heterocycles. The molecule has 1 aliphatic carbocycles. The van der Waals surface area contributed by atoms with Gasteiger partial charge in [-0.2, -0.15) is 0 Å². The number of amides is 4. The number of piperazine rings is 2. The number of aromatic amines is 4. The largest absolute Gasteiger partial charge is 0.490 e. The van der Waals surface area contributed by atoms with Crippen LogP contribution in [0.4, 0.5) is 46.5 Å². The van der Waals surface area contributed by atoms with E-state index in [0.29, 0.717) is 82.1 Å². The number of benzene rings is 4. The van der Waals surface area contributed by atoms with Crippen LogP contribution in [-0.2, 0) is 22.7 Å². The number of pyridine rings is 4. The van der Waals surface area contributed by atoms with Crippen molar-refractivity contribution >= 4 is 125 Å². The number of nitrogens with one attached hydrogen (secondary N) is 8. The molecule has 0 bridgehead atoms. The fourth-order valence-corrected chi connectivity index (χ4v) is 16.1. The summed E-state index contributed by atoms with van der Waals surface area (Å²) in [6.45, 7) is 13.8. The lowest BCUT2D eigenvalue weighted by Gasteiger charge is -2.32. The normalized spacial score (nSPS) is 14.5. The number of nitrogens with zero attached hydrogens (tertiary/aromatic N) is 18. The summed E-state index contributed by atoms with van der Waals surface area (Å²) in [6, 6.07) is 49.6. The number of carbonyl (C=O) groups excluding carboxylic acids is 4. The molecule has 19 rings (SSSR count). The second-order valence-corrected chi connectivity index (χ2v) is 33.7. The molecule has 2 atom stereocenters. The third-order valence-electron chi connectivity index (χ3n) is 22.8. The van der Waals surface area contributed by atoms with E-state index >= 15 is 0 Å². The Morgan fingerprint density at radius 1 is 0.409 bits per heavy atom. The fourth-order valence-electron chi connectivity index (χ4n) is 15.9. The molecule has 33 nitrogen and oxygen atoms in total. The van der Waals surface area contributed by atoms with Crippen molar-refractivity contribution in [2.75, 3.05) is 130 Å². The molecule has 1 saturated carbocycles. The first-order valence-electron chi connectivity index (χ1n) is 43.4. The Balaban J connectivity index is 0.000000129. The maximum atomic E-state index is 13.0. The van der Waals surface area contributed by atoms with Crippen molar-refractivity contribution in [1.29, 1.82) is 0 Å². The van der Waals surface area contributed by atoms with Crippen LogP contribution in [0.3, 0.4) is 0 Å². The van der Waals surface area contributed by atoms with Gasteiger partial charge in [-0.15, -0.1) is 0 Å². The molecule has 674 valence electrons. The van der Waals surface area contributed by atoms with Gasteiger partial charge in [-0.1, -0.05) is 30.7 Å². The van der Waals surface area contributed by atoms with Crippen molar-refractivity contribution in [1.82, 2.24) is 109 Å². The zero-order chi connectivity index (χ0) is 92.1. The van der Waals surface area contributed by atoms with E-state index in [4.69, 9.17) is 25.8 Å². The van der Waals surface area contributed by atoms with E-state index in [9.17, 15) is 19.2 Å². The molecule has 34 heteroatoms. The van der Waals surface area contributed by atoms with E-state index in [1.165, 1.54) is 6.42 Å². The van der Waals surface area contributed by atoms with Crippen molar-refractivity contribution < 1.29 is 33.4 Å². The Morgan fingerprint density at radius 3 is 1.30 bits per heavy atom. The Labute approximate surface area is 767 Å². The minimum Gasteiger partial charge on any atom is -0.490 e. The second kappa shape index (κ2) is 41.2. The molecule has 14 heterocycles. The molecule has 8 N–H and O–H groups in total. The molecule has 3 aliphatic rings. The first-order chi connectivity index (χ1) is 63.9. The Hall–Kier alpha value is -15.0. The van der Waals surface area contributed by atoms with E-state index in [2.05, 4.69) is 132 Å². The summed E-state index contributed by atoms with van der Waals surface area (Å²) in [5.74, 6) is 3.28. The van der Waals surface area contributed by atoms with Gasteiger partial charge in [0.15, 0.2) is 0 Å². The number of halogens is 1. The Kier molecular flexibility index (Phi) is 28.2. The first kappa shape index (κ1) is 90.3. The van der Waals surface area contributed by atoms with Crippen LogP contribution in [0.15, 0.2) is 207 Å². The number of ether oxygens (including phenoxy) is 3. The summed E-state index contributed by atoms with van der Waals surface area (Å²) in [5.41, 5.74) is 19.0. The molecule has 0 spiro atoms. The van der Waals surface area contributed by atoms with Gasteiger partial charge in [0.25, 0.3) is 23.6 Å². The van der Waals surface area contributed by atoms with Crippen molar-refractivity contribution in [3.8, 4) is 51.3 Å². The van der Waals surface area contributed by atoms with Gasteiger partial charge in [0.1, 0.15) is 28.5 Å². The minimum absolute atomic E-state index is 0.00808. The van der Waals surface area contributed by atoms with Crippen molar-refractivity contribution in [3.05, 3.63) is 257 Å². The maximum absolute atomic E-state index is 13.0. The molecular weight excluding hydrogens is 1690 g/mol. The number of likely N-dealkylation sites (N-methyl/N-ethyl adjacent to an activating group) is 2. The standard InChI is InChI=1S/C26H29N7O2.C26H28N6O2.C23H22ClN7O.C23H24N6O2/c1-17-12-20(14-19-15-23(30-24(17)19)25(34)33-10-8-32(2)9-11-33)29-26-28-7-5-21(31-26)22-13-18(16-35-3)4-6-27-22;1-16-4-7-19(12-16)34-20-8-10-27-23(15-20)21-9-11-28-26(31-21)29-18-6-5-17-13-24(25(33)32(2)3)30-22(17)14-18;1-30-8-10-31(11-9-30)22(32)20-13-15-12-16(14-17(24)21(15)28-20)27-23-26-7-5-19(29-23)18-4-2-3-6-25-18;1-14-9-17(11-16-12-20(27-21(14)16)22(30)29(2)3)26-23-25-8-6-18(28-23)19-10-15(13-31-4)5-7-24-19/h4-7,12-15,30H,8-11,16H2,1-3H3,(H,28,29,31);5-6,8-11,13-16,19,30H,4,7,12H2,1-3H3,(H,28,29,31);2-7,12-14,28H,8-11H2,1H3,(H,26,27,29);5-12,27H,13H2,1-4H3,(H,25,26,28). The minimum atomic E-state index is -0.0668. The highest BCUT2D eigenvalue weighted by Gasteiger charge is 2.27. The summed E-state index contributed by atoms with van der Waals surface area (Å²) < 4.78 is 16.6. The Bertz CT molecular complexity index is 6820. The number of carbonyl (C=O) groups is 4. The highest BCUT2D eigenvalue weighted by molar-refractivity contribution is 6.35. The number of rotatable bonds is 22. The summed E-state index contributed by atoms with van der Waals surface area (Å²) in [5, 5.41) is 17.3. The highest BCUT2D eigenvalue weighted by Crippen LogP contribution is 2.35. The Morgan fingerprint density at radius 2 is 0.826 bits per heavy atom. The number of hydrogen-bond donors (Lipinski definition) is 8. The zero-order valence-corrected chi connectivity index (χ0v) is 76.0. The SMILES string of the molecule is CC1CCC(Oc2ccnc(-c3ccnc(Nc4ccc5cc(C(=O)N(C)C)[nH]c5c4)n3)c2)C1.CN1CCN(C(=O)c2cc3cc(Nc4nccc(-c5ccccn5)n4)cc(Cl)c3[nH]2)CC1.COCc1ccnc(-c2ccnc(Nc3cc(C)c4[nH]c(C(=O)N(C)C)cc4c3)n2)c1.COCc1ccnc(-c2ccnc(Nc3cc(C)c4[nH]c(C(=O)N5CCN(C)CC5)cc4c3)n2)c1. The van der Waals surface area contributed by atoms with E-state index < -0.39 is 0 Å². The topological polar surface area (TPSA) is 381 Å². The lowest BCUT2D eigenvalue weighted by molar-refractivity contribution is 0.0652. The van der Waals surface area contributed by atoms with Gasteiger partial charge >= 0.3 is 0 Å². The summed E-state index contributed by atoms with van der Waals surface area (Å²) in [6.07, 6.45) is 17.4. The first-order valence-corrected chi connectivity index (χ1v) is 43.8. The van der Waals surface area contributed by atoms with Crippen LogP contribution in [0.1, 0.15) is 90.4 Å². The fraction of sp³-hybridized carbons (Fsp3) is 0.265. The lowest BCUT2D eigenvalue weighted by Crippen LogP contribution is -2.47. The molecule has 12 aromatic heterocycles. The van der Waals surface area contributed by atoms with Crippen LogP contribution in [0, 0.1) is 19.8 Å². The average Bonchev–Trinajstić information content (AvgIpc) is 1.53. The molecule has 3 fully saturated rings. The molecule has 0 radical (unpaired) electrons.